The molecule has 2 aromatic rings. The highest BCUT2D eigenvalue weighted by molar-refractivity contribution is 7.08. The van der Waals surface area contributed by atoms with Crippen LogP contribution in [0.25, 0.3) is 0 Å². The molecule has 1 aromatic heterocycles. The Morgan fingerprint density at radius 2 is 2.04 bits per heavy atom. The van der Waals surface area contributed by atoms with E-state index in [2.05, 4.69) is 11.4 Å². The topological polar surface area (TPSA) is 29.5 Å². The number of likely N-dealkylation sites (tertiary alicyclic amines) is 1. The summed E-state index contributed by atoms with van der Waals surface area (Å²) in [5.41, 5.74) is 1.19. The zero-order chi connectivity index (χ0) is 16.4. The van der Waals surface area contributed by atoms with E-state index in [0.29, 0.717) is 20.8 Å². The minimum absolute atomic E-state index is 0.0548. The maximum atomic E-state index is 12.5. The first kappa shape index (κ1) is 16.9. The van der Waals surface area contributed by atoms with E-state index < -0.39 is 0 Å². The molecule has 1 aliphatic rings. The van der Waals surface area contributed by atoms with Gasteiger partial charge in [-0.05, 0) is 41.3 Å². The minimum atomic E-state index is -0.0711. The van der Waals surface area contributed by atoms with Gasteiger partial charge in [-0.3, -0.25) is 4.79 Å². The molecule has 1 atom stereocenters. The summed E-state index contributed by atoms with van der Waals surface area (Å²) in [6.45, 7) is 0.677. The van der Waals surface area contributed by atoms with E-state index in [1.54, 1.807) is 11.3 Å². The van der Waals surface area contributed by atoms with Gasteiger partial charge in [0.1, 0.15) is 5.75 Å². The molecule has 2 heterocycles. The Morgan fingerprint density at radius 1 is 1.26 bits per heavy atom. The first-order valence-electron chi connectivity index (χ1n) is 7.15. The molecule has 0 aliphatic carbocycles. The lowest BCUT2D eigenvalue weighted by Crippen LogP contribution is -2.34. The maximum Gasteiger partial charge on any atom is 0.261 e. The van der Waals surface area contributed by atoms with Gasteiger partial charge in [-0.2, -0.15) is 11.3 Å². The summed E-state index contributed by atoms with van der Waals surface area (Å²) in [5, 5.41) is 5.15. The highest BCUT2D eigenvalue weighted by Crippen LogP contribution is 2.35. The lowest BCUT2D eigenvalue weighted by Gasteiger charge is -2.24. The second-order valence-corrected chi connectivity index (χ2v) is 7.29. The van der Waals surface area contributed by atoms with Gasteiger partial charge in [0.15, 0.2) is 6.61 Å². The smallest absolute Gasteiger partial charge is 0.261 e. The van der Waals surface area contributed by atoms with Crippen LogP contribution >= 0.6 is 46.1 Å². The fourth-order valence-corrected chi connectivity index (χ4v) is 4.01. The molecule has 122 valence electrons. The number of halogens is 3. The van der Waals surface area contributed by atoms with Crippen LogP contribution in [0.5, 0.6) is 5.75 Å². The third kappa shape index (κ3) is 3.77. The van der Waals surface area contributed by atoms with Crippen LogP contribution in [0.3, 0.4) is 0 Å². The number of ether oxygens (including phenoxy) is 1. The monoisotopic (exact) mass is 389 g/mol. The number of thiophene rings is 1. The fourth-order valence-electron chi connectivity index (χ4n) is 2.71. The molecular formula is C16H14Cl3NO2S. The maximum absolute atomic E-state index is 12.5. The third-order valence-corrected chi connectivity index (χ3v) is 5.55. The molecule has 1 aromatic carbocycles. The van der Waals surface area contributed by atoms with Gasteiger partial charge in [-0.25, -0.2) is 0 Å². The van der Waals surface area contributed by atoms with Gasteiger partial charge in [-0.1, -0.05) is 34.8 Å². The lowest BCUT2D eigenvalue weighted by molar-refractivity contribution is -0.134. The average Bonchev–Trinajstić information content (AvgIpc) is 3.19. The van der Waals surface area contributed by atoms with Crippen molar-refractivity contribution in [3.05, 3.63) is 49.6 Å². The minimum Gasteiger partial charge on any atom is -0.482 e. The Labute approximate surface area is 153 Å². The molecule has 1 amide bonds. The van der Waals surface area contributed by atoms with Crippen LogP contribution in [0.1, 0.15) is 24.4 Å². The SMILES string of the molecule is O=C(COc1cc(Cl)c(Cl)cc1Cl)N1CCCC1c1ccsc1. The molecule has 0 spiro atoms. The predicted octanol–water partition coefficient (Wildman–Crippen LogP) is 5.45. The number of benzene rings is 1. The zero-order valence-corrected chi connectivity index (χ0v) is 15.2. The second-order valence-electron chi connectivity index (χ2n) is 5.29. The summed E-state index contributed by atoms with van der Waals surface area (Å²) in [6, 6.07) is 5.24. The van der Waals surface area contributed by atoms with Gasteiger partial charge in [0, 0.05) is 12.6 Å². The van der Waals surface area contributed by atoms with Gasteiger partial charge in [0.2, 0.25) is 0 Å². The second kappa shape index (κ2) is 7.31. The summed E-state index contributed by atoms with van der Waals surface area (Å²) < 4.78 is 5.55. The van der Waals surface area contributed by atoms with Gasteiger partial charge >= 0.3 is 0 Å². The molecule has 1 aliphatic heterocycles. The lowest BCUT2D eigenvalue weighted by atomic mass is 10.1. The van der Waals surface area contributed by atoms with Crippen molar-refractivity contribution in [2.45, 2.75) is 18.9 Å². The number of carbonyl (C=O) groups excluding carboxylic acids is 1. The van der Waals surface area contributed by atoms with E-state index >= 15 is 0 Å². The first-order chi connectivity index (χ1) is 11.1. The number of nitrogens with zero attached hydrogens (tertiary/aromatic N) is 1. The van der Waals surface area contributed by atoms with Crippen LogP contribution in [0.15, 0.2) is 29.0 Å². The highest BCUT2D eigenvalue weighted by Gasteiger charge is 2.30. The van der Waals surface area contributed by atoms with Gasteiger partial charge < -0.3 is 9.64 Å². The normalized spacial score (nSPS) is 17.5. The van der Waals surface area contributed by atoms with E-state index in [1.807, 2.05) is 10.3 Å². The molecule has 23 heavy (non-hydrogen) atoms. The molecule has 3 nitrogen and oxygen atoms in total. The molecule has 0 bridgehead atoms. The Balaban J connectivity index is 1.66. The van der Waals surface area contributed by atoms with Crippen molar-refractivity contribution in [3.63, 3.8) is 0 Å². The molecule has 0 radical (unpaired) electrons. The molecule has 0 N–H and O–H groups in total. The van der Waals surface area contributed by atoms with Crippen molar-refractivity contribution in [3.8, 4) is 5.75 Å². The van der Waals surface area contributed by atoms with Gasteiger partial charge in [-0.15, -0.1) is 0 Å². The number of carbonyl (C=O) groups is 1. The Morgan fingerprint density at radius 3 is 2.78 bits per heavy atom. The summed E-state index contributed by atoms with van der Waals surface area (Å²) in [5.74, 6) is 0.307. The molecule has 7 heteroatoms. The number of amides is 1. The predicted molar refractivity (Wildman–Crippen MR) is 95.0 cm³/mol. The van der Waals surface area contributed by atoms with E-state index in [1.165, 1.54) is 17.7 Å². The van der Waals surface area contributed by atoms with Crippen molar-refractivity contribution >= 4 is 52.0 Å². The quantitative estimate of drug-likeness (QED) is 0.650. The fraction of sp³-hybridized carbons (Fsp3) is 0.312. The van der Waals surface area contributed by atoms with Crippen molar-refractivity contribution in [1.29, 1.82) is 0 Å². The zero-order valence-electron chi connectivity index (χ0n) is 12.1. The average molecular weight is 391 g/mol. The highest BCUT2D eigenvalue weighted by atomic mass is 35.5. The van der Waals surface area contributed by atoms with Crippen LogP contribution in [0.4, 0.5) is 0 Å². The Kier molecular flexibility index (Phi) is 5.37. The van der Waals surface area contributed by atoms with Gasteiger partial charge in [0.05, 0.1) is 21.1 Å². The number of rotatable bonds is 4. The molecule has 1 fully saturated rings. The van der Waals surface area contributed by atoms with Crippen LogP contribution in [-0.2, 0) is 4.79 Å². The van der Waals surface area contributed by atoms with E-state index in [-0.39, 0.29) is 18.6 Å². The molecule has 1 unspecified atom stereocenters. The molecular weight excluding hydrogens is 377 g/mol. The molecule has 0 saturated carbocycles. The molecule has 3 rings (SSSR count). The largest absolute Gasteiger partial charge is 0.482 e. The summed E-state index contributed by atoms with van der Waals surface area (Å²) in [4.78, 5) is 14.4. The molecule has 1 saturated heterocycles. The van der Waals surface area contributed by atoms with Crippen LogP contribution in [0, 0.1) is 0 Å². The Bertz CT molecular complexity index is 706. The standard InChI is InChI=1S/C16H14Cl3NO2S/c17-11-6-13(19)15(7-12(11)18)22-8-16(21)20-4-1-2-14(20)10-3-5-23-9-10/h3,5-7,9,14H,1-2,4,8H2. The number of hydrogen-bond donors (Lipinski definition) is 0. The van der Waals surface area contributed by atoms with Crippen molar-refractivity contribution < 1.29 is 9.53 Å². The van der Waals surface area contributed by atoms with Crippen LogP contribution in [-0.4, -0.2) is 24.0 Å². The van der Waals surface area contributed by atoms with Gasteiger partial charge in [0.25, 0.3) is 5.91 Å². The van der Waals surface area contributed by atoms with Crippen molar-refractivity contribution in [1.82, 2.24) is 4.90 Å². The summed E-state index contributed by atoms with van der Waals surface area (Å²) >= 11 is 19.5. The third-order valence-electron chi connectivity index (χ3n) is 3.83. The van der Waals surface area contributed by atoms with E-state index in [9.17, 15) is 4.79 Å². The van der Waals surface area contributed by atoms with E-state index in [0.717, 1.165) is 19.4 Å². The van der Waals surface area contributed by atoms with E-state index in [4.69, 9.17) is 39.5 Å². The van der Waals surface area contributed by atoms with Crippen LogP contribution < -0.4 is 4.74 Å². The van der Waals surface area contributed by atoms with Crippen LogP contribution in [0.2, 0.25) is 15.1 Å². The number of hydrogen-bond acceptors (Lipinski definition) is 3. The Hall–Kier alpha value is -0.940. The van der Waals surface area contributed by atoms with Crippen molar-refractivity contribution in [2.75, 3.05) is 13.2 Å². The first-order valence-corrected chi connectivity index (χ1v) is 9.23. The van der Waals surface area contributed by atoms with Crippen molar-refractivity contribution in [2.24, 2.45) is 0 Å². The summed E-state index contributed by atoms with van der Waals surface area (Å²) in [7, 11) is 0. The summed E-state index contributed by atoms with van der Waals surface area (Å²) in [6.07, 6.45) is 1.98.